The number of H-pyrrole nitrogens is 2. The first-order chi connectivity index (χ1) is 9.13. The van der Waals surface area contributed by atoms with Crippen LogP contribution in [0.1, 0.15) is 17.2 Å². The van der Waals surface area contributed by atoms with Gasteiger partial charge in [-0.1, -0.05) is 18.2 Å². The summed E-state index contributed by atoms with van der Waals surface area (Å²) in [6, 6.07) is 13.6. The standard InChI is InChI=1S/C14H12IN3O/c15-10-3-1-2-8(6-10)13(16)9-4-5-11-12(7-9)18-14(19)17-11/h1-7,13H,16H2,(H2,17,18,19). The molecular weight excluding hydrogens is 353 g/mol. The molecule has 3 aromatic rings. The fourth-order valence-electron chi connectivity index (χ4n) is 2.14. The van der Waals surface area contributed by atoms with Crippen LogP contribution in [0.15, 0.2) is 47.3 Å². The first-order valence-electron chi connectivity index (χ1n) is 5.86. The van der Waals surface area contributed by atoms with Crippen molar-refractivity contribution < 1.29 is 0 Å². The molecule has 0 bridgehead atoms. The van der Waals surface area contributed by atoms with Crippen LogP contribution in [0.5, 0.6) is 0 Å². The molecule has 0 amide bonds. The minimum Gasteiger partial charge on any atom is -0.320 e. The number of hydrogen-bond donors (Lipinski definition) is 3. The molecule has 0 fully saturated rings. The van der Waals surface area contributed by atoms with Crippen LogP contribution in [0.25, 0.3) is 11.0 Å². The minimum absolute atomic E-state index is 0.197. The number of hydrogen-bond acceptors (Lipinski definition) is 2. The molecule has 0 saturated carbocycles. The lowest BCUT2D eigenvalue weighted by molar-refractivity contribution is 0.872. The highest BCUT2D eigenvalue weighted by Gasteiger charge is 2.10. The fraction of sp³-hybridized carbons (Fsp3) is 0.0714. The van der Waals surface area contributed by atoms with Gasteiger partial charge in [-0.2, -0.15) is 0 Å². The Morgan fingerprint density at radius 2 is 1.74 bits per heavy atom. The molecular formula is C14H12IN3O. The van der Waals surface area contributed by atoms with Crippen molar-refractivity contribution in [1.29, 1.82) is 0 Å². The minimum atomic E-state index is -0.199. The van der Waals surface area contributed by atoms with Gasteiger partial charge in [0, 0.05) is 3.57 Å². The van der Waals surface area contributed by atoms with Crippen molar-refractivity contribution in [3.63, 3.8) is 0 Å². The zero-order valence-electron chi connectivity index (χ0n) is 9.98. The summed E-state index contributed by atoms with van der Waals surface area (Å²) in [7, 11) is 0. The van der Waals surface area contributed by atoms with Gasteiger partial charge in [-0.05, 0) is 58.0 Å². The number of halogens is 1. The summed E-state index contributed by atoms with van der Waals surface area (Å²) in [5.41, 5.74) is 9.69. The van der Waals surface area contributed by atoms with E-state index in [1.54, 1.807) is 0 Å². The molecule has 4 nitrogen and oxygen atoms in total. The predicted octanol–water partition coefficient (Wildman–Crippen LogP) is 2.51. The second-order valence-corrected chi connectivity index (χ2v) is 5.66. The second-order valence-electron chi connectivity index (χ2n) is 4.42. The van der Waals surface area contributed by atoms with Gasteiger partial charge in [0.05, 0.1) is 17.1 Å². The highest BCUT2D eigenvalue weighted by Crippen LogP contribution is 2.23. The lowest BCUT2D eigenvalue weighted by atomic mass is 9.99. The molecule has 1 heterocycles. The Morgan fingerprint density at radius 1 is 1.00 bits per heavy atom. The van der Waals surface area contributed by atoms with Gasteiger partial charge in [-0.3, -0.25) is 0 Å². The van der Waals surface area contributed by atoms with Crippen LogP contribution in [0.4, 0.5) is 0 Å². The van der Waals surface area contributed by atoms with Gasteiger partial charge in [0.2, 0.25) is 0 Å². The first-order valence-corrected chi connectivity index (χ1v) is 6.94. The van der Waals surface area contributed by atoms with Crippen LogP contribution < -0.4 is 11.4 Å². The van der Waals surface area contributed by atoms with E-state index >= 15 is 0 Å². The summed E-state index contributed by atoms with van der Waals surface area (Å²) in [4.78, 5) is 16.7. The largest absolute Gasteiger partial charge is 0.323 e. The van der Waals surface area contributed by atoms with Crippen molar-refractivity contribution in [3.05, 3.63) is 67.6 Å². The smallest absolute Gasteiger partial charge is 0.320 e. The molecule has 0 aliphatic carbocycles. The summed E-state index contributed by atoms with van der Waals surface area (Å²) in [6.45, 7) is 0. The zero-order chi connectivity index (χ0) is 13.4. The van der Waals surface area contributed by atoms with Crippen molar-refractivity contribution in [2.75, 3.05) is 0 Å². The maximum absolute atomic E-state index is 11.2. The molecule has 1 aromatic heterocycles. The summed E-state index contributed by atoms with van der Waals surface area (Å²) >= 11 is 2.27. The number of nitrogens with one attached hydrogen (secondary N) is 2. The van der Waals surface area contributed by atoms with Crippen LogP contribution in [0.2, 0.25) is 0 Å². The van der Waals surface area contributed by atoms with E-state index in [9.17, 15) is 4.79 Å². The lowest BCUT2D eigenvalue weighted by Gasteiger charge is -2.13. The normalized spacial score (nSPS) is 12.7. The molecule has 1 atom stereocenters. The summed E-state index contributed by atoms with van der Waals surface area (Å²) in [5, 5.41) is 0. The van der Waals surface area contributed by atoms with Crippen molar-refractivity contribution in [3.8, 4) is 0 Å². The Bertz CT molecular complexity index is 790. The Balaban J connectivity index is 2.05. The van der Waals surface area contributed by atoms with Crippen LogP contribution in [-0.4, -0.2) is 9.97 Å². The van der Waals surface area contributed by atoms with Crippen LogP contribution >= 0.6 is 22.6 Å². The Morgan fingerprint density at radius 3 is 2.53 bits per heavy atom. The third-order valence-electron chi connectivity index (χ3n) is 3.11. The molecule has 1 unspecified atom stereocenters. The van der Waals surface area contributed by atoms with Gasteiger partial charge in [-0.15, -0.1) is 0 Å². The van der Waals surface area contributed by atoms with E-state index in [0.717, 1.165) is 25.7 Å². The van der Waals surface area contributed by atoms with Gasteiger partial charge in [0.25, 0.3) is 0 Å². The van der Waals surface area contributed by atoms with E-state index in [4.69, 9.17) is 5.73 Å². The van der Waals surface area contributed by atoms with Crippen molar-refractivity contribution in [1.82, 2.24) is 9.97 Å². The average molecular weight is 365 g/mol. The topological polar surface area (TPSA) is 74.7 Å². The number of aromatic nitrogens is 2. The van der Waals surface area contributed by atoms with Gasteiger partial charge in [0.1, 0.15) is 0 Å². The Hall–Kier alpha value is -1.60. The maximum Gasteiger partial charge on any atom is 0.323 e. The quantitative estimate of drug-likeness (QED) is 0.611. The summed E-state index contributed by atoms with van der Waals surface area (Å²) < 4.78 is 1.15. The molecule has 3 rings (SSSR count). The van der Waals surface area contributed by atoms with Crippen molar-refractivity contribution in [2.45, 2.75) is 6.04 Å². The monoisotopic (exact) mass is 365 g/mol. The van der Waals surface area contributed by atoms with E-state index in [-0.39, 0.29) is 11.7 Å². The van der Waals surface area contributed by atoms with Crippen molar-refractivity contribution in [2.24, 2.45) is 5.73 Å². The molecule has 0 spiro atoms. The number of imidazole rings is 1. The average Bonchev–Trinajstić information content (AvgIpc) is 2.76. The highest BCUT2D eigenvalue weighted by atomic mass is 127. The molecule has 2 aromatic carbocycles. The third kappa shape index (κ3) is 2.43. The van der Waals surface area contributed by atoms with E-state index in [2.05, 4.69) is 38.6 Å². The molecule has 0 aliphatic rings. The fourth-order valence-corrected chi connectivity index (χ4v) is 2.70. The van der Waals surface area contributed by atoms with E-state index in [0.29, 0.717) is 0 Å². The van der Waals surface area contributed by atoms with Crippen LogP contribution in [0, 0.1) is 3.57 Å². The van der Waals surface area contributed by atoms with Gasteiger partial charge in [-0.25, -0.2) is 4.79 Å². The van der Waals surface area contributed by atoms with Gasteiger partial charge < -0.3 is 15.7 Å². The van der Waals surface area contributed by atoms with Gasteiger partial charge in [0.15, 0.2) is 0 Å². The number of fused-ring (bicyclic) bond motifs is 1. The molecule has 0 saturated heterocycles. The van der Waals surface area contributed by atoms with E-state index in [1.165, 1.54) is 0 Å². The zero-order valence-corrected chi connectivity index (χ0v) is 12.1. The maximum atomic E-state index is 11.2. The number of benzene rings is 2. The van der Waals surface area contributed by atoms with E-state index in [1.807, 2.05) is 36.4 Å². The highest BCUT2D eigenvalue weighted by molar-refractivity contribution is 14.1. The SMILES string of the molecule is NC(c1cccc(I)c1)c1ccc2[nH]c(=O)[nH]c2c1. The summed E-state index contributed by atoms with van der Waals surface area (Å²) in [6.07, 6.45) is 0. The molecule has 0 radical (unpaired) electrons. The predicted molar refractivity (Wildman–Crippen MR) is 84.1 cm³/mol. The molecule has 5 heteroatoms. The number of nitrogens with two attached hydrogens (primary N) is 1. The Kier molecular flexibility index (Phi) is 3.16. The van der Waals surface area contributed by atoms with Gasteiger partial charge >= 0.3 is 5.69 Å². The molecule has 0 aliphatic heterocycles. The van der Waals surface area contributed by atoms with E-state index < -0.39 is 0 Å². The Labute approximate surface area is 123 Å². The molecule has 19 heavy (non-hydrogen) atoms. The molecule has 96 valence electrons. The third-order valence-corrected chi connectivity index (χ3v) is 3.78. The lowest BCUT2D eigenvalue weighted by Crippen LogP contribution is -2.11. The number of rotatable bonds is 2. The van der Waals surface area contributed by atoms with Crippen LogP contribution in [-0.2, 0) is 0 Å². The second kappa shape index (κ2) is 4.82. The number of aromatic amines is 2. The van der Waals surface area contributed by atoms with Crippen LogP contribution in [0.3, 0.4) is 0 Å². The first kappa shape index (κ1) is 12.4. The molecule has 4 N–H and O–H groups in total. The van der Waals surface area contributed by atoms with Crippen molar-refractivity contribution >= 4 is 33.6 Å². The summed E-state index contributed by atoms with van der Waals surface area (Å²) in [5.74, 6) is 0.